The standard InChI is InChI=1S/C13H23N5O/c1-4-5-11-12(17-14)15-8-16-13(11)18-6-9(2)19-10(3)7-18/h8-10H,4-7,14H2,1-3H3,(H,15,16,17)/t9-,10+. The van der Waals surface area contributed by atoms with E-state index in [2.05, 4.69) is 41.1 Å². The van der Waals surface area contributed by atoms with Gasteiger partial charge in [0.05, 0.1) is 12.2 Å². The summed E-state index contributed by atoms with van der Waals surface area (Å²) in [5.74, 6) is 7.25. The fourth-order valence-corrected chi connectivity index (χ4v) is 2.63. The molecule has 1 aliphatic rings. The summed E-state index contributed by atoms with van der Waals surface area (Å²) in [5, 5.41) is 0. The van der Waals surface area contributed by atoms with Gasteiger partial charge in [-0.3, -0.25) is 0 Å². The van der Waals surface area contributed by atoms with Gasteiger partial charge < -0.3 is 15.1 Å². The van der Waals surface area contributed by atoms with Crippen molar-refractivity contribution in [3.05, 3.63) is 11.9 Å². The number of anilines is 2. The minimum Gasteiger partial charge on any atom is -0.372 e. The molecule has 2 heterocycles. The van der Waals surface area contributed by atoms with Gasteiger partial charge in [0.15, 0.2) is 0 Å². The average molecular weight is 265 g/mol. The Labute approximate surface area is 114 Å². The zero-order valence-corrected chi connectivity index (χ0v) is 11.9. The second-order valence-corrected chi connectivity index (χ2v) is 5.08. The maximum Gasteiger partial charge on any atom is 0.148 e. The first-order valence-electron chi connectivity index (χ1n) is 6.86. The number of aromatic nitrogens is 2. The van der Waals surface area contributed by atoms with Crippen molar-refractivity contribution in [3.63, 3.8) is 0 Å². The van der Waals surface area contributed by atoms with Gasteiger partial charge in [0, 0.05) is 18.7 Å². The lowest BCUT2D eigenvalue weighted by Gasteiger charge is -2.37. The summed E-state index contributed by atoms with van der Waals surface area (Å²) < 4.78 is 5.77. The topological polar surface area (TPSA) is 76.3 Å². The third-order valence-corrected chi connectivity index (χ3v) is 3.28. The number of hydrogen-bond donors (Lipinski definition) is 2. The molecule has 6 heteroatoms. The highest BCUT2D eigenvalue weighted by molar-refractivity contribution is 5.58. The van der Waals surface area contributed by atoms with Crippen molar-refractivity contribution in [1.29, 1.82) is 0 Å². The molecule has 0 amide bonds. The Morgan fingerprint density at radius 2 is 2.05 bits per heavy atom. The van der Waals surface area contributed by atoms with E-state index in [0.717, 1.165) is 43.1 Å². The van der Waals surface area contributed by atoms with E-state index in [4.69, 9.17) is 10.6 Å². The monoisotopic (exact) mass is 265 g/mol. The molecule has 0 aliphatic carbocycles. The molecular formula is C13H23N5O. The molecule has 0 bridgehead atoms. The second kappa shape index (κ2) is 6.16. The van der Waals surface area contributed by atoms with Crippen LogP contribution in [-0.4, -0.2) is 35.3 Å². The molecule has 0 unspecified atom stereocenters. The van der Waals surface area contributed by atoms with Crippen LogP contribution in [-0.2, 0) is 11.2 Å². The quantitative estimate of drug-likeness (QED) is 0.632. The highest BCUT2D eigenvalue weighted by atomic mass is 16.5. The Kier molecular flexibility index (Phi) is 4.55. The van der Waals surface area contributed by atoms with Crippen molar-refractivity contribution in [3.8, 4) is 0 Å². The third kappa shape index (κ3) is 3.13. The van der Waals surface area contributed by atoms with Crippen LogP contribution < -0.4 is 16.2 Å². The Morgan fingerprint density at radius 1 is 1.37 bits per heavy atom. The molecule has 2 atom stereocenters. The summed E-state index contributed by atoms with van der Waals surface area (Å²) in [5.41, 5.74) is 3.76. The van der Waals surface area contributed by atoms with Crippen LogP contribution in [0.2, 0.25) is 0 Å². The van der Waals surface area contributed by atoms with Crippen LogP contribution in [0.25, 0.3) is 0 Å². The van der Waals surface area contributed by atoms with Crippen molar-refractivity contribution < 1.29 is 4.74 Å². The minimum atomic E-state index is 0.211. The zero-order chi connectivity index (χ0) is 13.8. The summed E-state index contributed by atoms with van der Waals surface area (Å²) in [6.07, 6.45) is 3.93. The smallest absolute Gasteiger partial charge is 0.148 e. The highest BCUT2D eigenvalue weighted by Gasteiger charge is 2.25. The number of morpholine rings is 1. The summed E-state index contributed by atoms with van der Waals surface area (Å²) in [4.78, 5) is 10.9. The molecule has 106 valence electrons. The summed E-state index contributed by atoms with van der Waals surface area (Å²) in [6.45, 7) is 8.02. The Hall–Kier alpha value is -1.40. The van der Waals surface area contributed by atoms with Crippen LogP contribution >= 0.6 is 0 Å². The van der Waals surface area contributed by atoms with Crippen LogP contribution in [0.5, 0.6) is 0 Å². The molecule has 0 spiro atoms. The van der Waals surface area contributed by atoms with Crippen LogP contribution in [0.1, 0.15) is 32.8 Å². The molecule has 0 saturated carbocycles. The molecule has 19 heavy (non-hydrogen) atoms. The normalized spacial score (nSPS) is 23.5. The first-order valence-corrected chi connectivity index (χ1v) is 6.86. The van der Waals surface area contributed by atoms with Crippen molar-refractivity contribution in [2.24, 2.45) is 5.84 Å². The van der Waals surface area contributed by atoms with Gasteiger partial charge in [-0.1, -0.05) is 13.3 Å². The molecule has 0 radical (unpaired) electrons. The first-order chi connectivity index (χ1) is 9.15. The summed E-state index contributed by atoms with van der Waals surface area (Å²) >= 11 is 0. The number of nitrogens with two attached hydrogens (primary N) is 1. The van der Waals surface area contributed by atoms with Crippen LogP contribution in [0.3, 0.4) is 0 Å². The lowest BCUT2D eigenvalue weighted by atomic mass is 10.1. The van der Waals surface area contributed by atoms with Crippen molar-refractivity contribution in [1.82, 2.24) is 9.97 Å². The number of nitrogen functional groups attached to an aromatic ring is 1. The molecule has 1 saturated heterocycles. The van der Waals surface area contributed by atoms with Crippen molar-refractivity contribution >= 4 is 11.6 Å². The number of hydrazine groups is 1. The largest absolute Gasteiger partial charge is 0.372 e. The Balaban J connectivity index is 2.32. The molecule has 3 N–H and O–H groups in total. The highest BCUT2D eigenvalue weighted by Crippen LogP contribution is 2.27. The molecule has 1 aromatic heterocycles. The number of nitrogens with zero attached hydrogens (tertiary/aromatic N) is 3. The fraction of sp³-hybridized carbons (Fsp3) is 0.692. The summed E-state index contributed by atoms with van der Waals surface area (Å²) in [6, 6.07) is 0. The molecule has 1 fully saturated rings. The number of ether oxygens (including phenoxy) is 1. The number of hydrogen-bond acceptors (Lipinski definition) is 6. The van der Waals surface area contributed by atoms with Crippen LogP contribution in [0.4, 0.5) is 11.6 Å². The van der Waals surface area contributed by atoms with E-state index in [1.807, 2.05) is 0 Å². The van der Waals surface area contributed by atoms with Gasteiger partial charge in [-0.15, -0.1) is 0 Å². The molecule has 1 aromatic rings. The molecule has 0 aromatic carbocycles. The van der Waals surface area contributed by atoms with E-state index >= 15 is 0 Å². The lowest BCUT2D eigenvalue weighted by Crippen LogP contribution is -2.46. The number of nitrogens with one attached hydrogen (secondary N) is 1. The second-order valence-electron chi connectivity index (χ2n) is 5.08. The van der Waals surface area contributed by atoms with E-state index < -0.39 is 0 Å². The van der Waals surface area contributed by atoms with Crippen LogP contribution in [0.15, 0.2) is 6.33 Å². The predicted molar refractivity (Wildman–Crippen MR) is 76.1 cm³/mol. The van der Waals surface area contributed by atoms with Crippen molar-refractivity contribution in [2.45, 2.75) is 45.8 Å². The van der Waals surface area contributed by atoms with Gasteiger partial charge in [-0.25, -0.2) is 15.8 Å². The number of rotatable bonds is 4. The van der Waals surface area contributed by atoms with Gasteiger partial charge in [-0.05, 0) is 20.3 Å². The maximum absolute atomic E-state index is 5.77. The maximum atomic E-state index is 5.77. The predicted octanol–water partition coefficient (Wildman–Crippen LogP) is 1.33. The average Bonchev–Trinajstić information content (AvgIpc) is 2.38. The fourth-order valence-electron chi connectivity index (χ4n) is 2.63. The van der Waals surface area contributed by atoms with E-state index in [1.165, 1.54) is 0 Å². The van der Waals surface area contributed by atoms with Gasteiger partial charge in [0.2, 0.25) is 0 Å². The molecule has 6 nitrogen and oxygen atoms in total. The lowest BCUT2D eigenvalue weighted by molar-refractivity contribution is -0.00551. The molecule has 2 rings (SSSR count). The Morgan fingerprint density at radius 3 is 2.63 bits per heavy atom. The molecular weight excluding hydrogens is 242 g/mol. The van der Waals surface area contributed by atoms with E-state index in [0.29, 0.717) is 0 Å². The van der Waals surface area contributed by atoms with E-state index in [-0.39, 0.29) is 12.2 Å². The van der Waals surface area contributed by atoms with Gasteiger partial charge in [-0.2, -0.15) is 0 Å². The minimum absolute atomic E-state index is 0.211. The SMILES string of the molecule is CCCc1c(NN)ncnc1N1C[C@@H](C)O[C@@H](C)C1. The van der Waals surface area contributed by atoms with E-state index in [9.17, 15) is 0 Å². The van der Waals surface area contributed by atoms with E-state index in [1.54, 1.807) is 6.33 Å². The van der Waals surface area contributed by atoms with Gasteiger partial charge >= 0.3 is 0 Å². The van der Waals surface area contributed by atoms with Gasteiger partial charge in [0.25, 0.3) is 0 Å². The third-order valence-electron chi connectivity index (χ3n) is 3.28. The zero-order valence-electron chi connectivity index (χ0n) is 11.9. The van der Waals surface area contributed by atoms with Crippen molar-refractivity contribution in [2.75, 3.05) is 23.4 Å². The van der Waals surface area contributed by atoms with Gasteiger partial charge in [0.1, 0.15) is 18.0 Å². The Bertz CT molecular complexity index is 415. The molecule has 1 aliphatic heterocycles. The first kappa shape index (κ1) is 14.0. The van der Waals surface area contributed by atoms with Crippen LogP contribution in [0, 0.1) is 0 Å². The summed E-state index contributed by atoms with van der Waals surface area (Å²) in [7, 11) is 0.